The summed E-state index contributed by atoms with van der Waals surface area (Å²) in [5, 5.41) is 2.64. The number of nitrogens with two attached hydrogens (primary N) is 1. The minimum absolute atomic E-state index is 0.136. The zero-order chi connectivity index (χ0) is 24.9. The minimum atomic E-state index is -0.279. The van der Waals surface area contributed by atoms with Crippen molar-refractivity contribution >= 4 is 17.6 Å². The summed E-state index contributed by atoms with van der Waals surface area (Å²) in [4.78, 5) is 24.3. The molecule has 186 valence electrons. The van der Waals surface area contributed by atoms with Crippen LogP contribution in [0.25, 0.3) is 0 Å². The van der Waals surface area contributed by atoms with Crippen molar-refractivity contribution in [2.24, 2.45) is 15.7 Å². The molecule has 1 fully saturated rings. The number of nitrogens with zero attached hydrogens (tertiary/aromatic N) is 3. The van der Waals surface area contributed by atoms with Gasteiger partial charge >= 0.3 is 0 Å². The van der Waals surface area contributed by atoms with Gasteiger partial charge in [-0.25, -0.2) is 0 Å². The Kier molecular flexibility index (Phi) is 7.70. The number of rotatable bonds is 7. The average molecular weight is 478 g/mol. The molecule has 8 heteroatoms. The highest BCUT2D eigenvalue weighted by Crippen LogP contribution is 2.42. The number of nitrogens with one attached hydrogen (secondary N) is 1. The molecule has 1 saturated heterocycles. The van der Waals surface area contributed by atoms with Crippen LogP contribution < -0.4 is 20.5 Å². The largest absolute Gasteiger partial charge is 0.493 e. The van der Waals surface area contributed by atoms with Crippen molar-refractivity contribution in [3.05, 3.63) is 58.7 Å². The number of amides is 1. The van der Waals surface area contributed by atoms with Gasteiger partial charge in [0.15, 0.2) is 17.5 Å². The van der Waals surface area contributed by atoms with Crippen molar-refractivity contribution in [1.29, 1.82) is 0 Å². The monoisotopic (exact) mass is 477 g/mol. The predicted molar refractivity (Wildman–Crippen MR) is 139 cm³/mol. The van der Waals surface area contributed by atoms with Crippen molar-refractivity contribution in [3.8, 4) is 11.5 Å². The summed E-state index contributed by atoms with van der Waals surface area (Å²) in [5.41, 5.74) is 10.5. The predicted octanol–water partition coefficient (Wildman–Crippen LogP) is 3.19. The molecule has 0 radical (unpaired) electrons. The summed E-state index contributed by atoms with van der Waals surface area (Å²) in [6.45, 7) is 7.10. The molecular formula is C27H35N5O3. The smallest absolute Gasteiger partial charge is 0.257 e. The van der Waals surface area contributed by atoms with E-state index in [2.05, 4.69) is 28.3 Å². The standard InChI is InChI=1S/C27H35N5O3/c1-5-12-29-27(28)31-26(33)18-9-7-17(8-10-18)25-20-15-23(34-4)24(35-6-2)14-19(20)21-16-32(3)13-11-22(21)30-25/h7-10,14-15,21-22H,5-6,11-13,16H2,1-4H3,(H3,28,29,31,33). The molecule has 2 atom stereocenters. The molecule has 2 aromatic rings. The van der Waals surface area contributed by atoms with Crippen LogP contribution in [-0.4, -0.2) is 68.9 Å². The molecule has 4 rings (SSSR count). The fourth-order valence-electron chi connectivity index (χ4n) is 4.78. The Morgan fingerprint density at radius 1 is 1.23 bits per heavy atom. The Hall–Kier alpha value is -3.39. The molecular weight excluding hydrogens is 442 g/mol. The number of benzene rings is 2. The van der Waals surface area contributed by atoms with E-state index in [4.69, 9.17) is 20.2 Å². The van der Waals surface area contributed by atoms with Crippen molar-refractivity contribution in [2.75, 3.05) is 40.4 Å². The maximum Gasteiger partial charge on any atom is 0.257 e. The second-order valence-corrected chi connectivity index (χ2v) is 9.02. The summed E-state index contributed by atoms with van der Waals surface area (Å²) >= 11 is 0. The summed E-state index contributed by atoms with van der Waals surface area (Å²) in [6.07, 6.45) is 1.86. The Balaban J connectivity index is 1.69. The first-order valence-electron chi connectivity index (χ1n) is 12.3. The lowest BCUT2D eigenvalue weighted by Gasteiger charge is -2.39. The van der Waals surface area contributed by atoms with Gasteiger partial charge in [-0.3, -0.25) is 20.1 Å². The molecule has 2 aliphatic rings. The highest BCUT2D eigenvalue weighted by atomic mass is 16.5. The fraction of sp³-hybridized carbons (Fsp3) is 0.444. The van der Waals surface area contributed by atoms with Gasteiger partial charge in [0.05, 0.1) is 25.5 Å². The Morgan fingerprint density at radius 2 is 2.00 bits per heavy atom. The van der Waals surface area contributed by atoms with Crippen LogP contribution >= 0.6 is 0 Å². The Morgan fingerprint density at radius 3 is 2.69 bits per heavy atom. The number of carbonyl (C=O) groups excluding carboxylic acids is 1. The van der Waals surface area contributed by atoms with E-state index in [1.165, 1.54) is 5.56 Å². The Bertz CT molecular complexity index is 1130. The average Bonchev–Trinajstić information content (AvgIpc) is 2.87. The van der Waals surface area contributed by atoms with E-state index in [1.54, 1.807) is 19.2 Å². The third-order valence-corrected chi connectivity index (χ3v) is 6.53. The number of guanidine groups is 1. The molecule has 2 heterocycles. The molecule has 0 saturated carbocycles. The van der Waals surface area contributed by atoms with Gasteiger partial charge in [0.1, 0.15) is 0 Å². The second-order valence-electron chi connectivity index (χ2n) is 9.02. The van der Waals surface area contributed by atoms with Crippen molar-refractivity contribution in [1.82, 2.24) is 10.2 Å². The van der Waals surface area contributed by atoms with Gasteiger partial charge in [0.2, 0.25) is 0 Å². The lowest BCUT2D eigenvalue weighted by atomic mass is 9.79. The topological polar surface area (TPSA) is 102 Å². The lowest BCUT2D eigenvalue weighted by molar-refractivity contribution is 0.0976. The molecule has 0 aliphatic carbocycles. The first kappa shape index (κ1) is 24.7. The van der Waals surface area contributed by atoms with Crippen LogP contribution in [0.4, 0.5) is 0 Å². The highest BCUT2D eigenvalue weighted by molar-refractivity contribution is 6.15. The van der Waals surface area contributed by atoms with Crippen LogP contribution in [0.2, 0.25) is 0 Å². The number of aliphatic imine (C=N–C) groups is 2. The van der Waals surface area contributed by atoms with E-state index in [9.17, 15) is 4.79 Å². The molecule has 0 aromatic heterocycles. The fourth-order valence-corrected chi connectivity index (χ4v) is 4.78. The van der Waals surface area contributed by atoms with Crippen LogP contribution in [0.5, 0.6) is 11.5 Å². The van der Waals surface area contributed by atoms with Crippen molar-refractivity contribution in [3.63, 3.8) is 0 Å². The van der Waals surface area contributed by atoms with Gasteiger partial charge in [0, 0.05) is 35.7 Å². The third-order valence-electron chi connectivity index (χ3n) is 6.53. The number of likely N-dealkylation sites (tertiary alicyclic amines) is 1. The first-order chi connectivity index (χ1) is 16.9. The number of carbonyl (C=O) groups is 1. The van der Waals surface area contributed by atoms with Crippen molar-refractivity contribution < 1.29 is 14.3 Å². The van der Waals surface area contributed by atoms with Crippen LogP contribution in [-0.2, 0) is 0 Å². The number of likely N-dealkylation sites (N-methyl/N-ethyl adjacent to an activating group) is 1. The van der Waals surface area contributed by atoms with Crippen LogP contribution in [0.15, 0.2) is 46.4 Å². The summed E-state index contributed by atoms with van der Waals surface area (Å²) in [6, 6.07) is 11.8. The highest BCUT2D eigenvalue weighted by Gasteiger charge is 2.36. The first-order valence-corrected chi connectivity index (χ1v) is 12.3. The molecule has 1 amide bonds. The summed E-state index contributed by atoms with van der Waals surface area (Å²) in [5.74, 6) is 1.61. The quantitative estimate of drug-likeness (QED) is 0.471. The second kappa shape index (κ2) is 10.9. The lowest BCUT2D eigenvalue weighted by Crippen LogP contribution is -2.41. The zero-order valence-electron chi connectivity index (χ0n) is 21.0. The minimum Gasteiger partial charge on any atom is -0.493 e. The Labute approximate surface area is 207 Å². The molecule has 2 aromatic carbocycles. The van der Waals surface area contributed by atoms with Crippen LogP contribution in [0.1, 0.15) is 59.7 Å². The summed E-state index contributed by atoms with van der Waals surface area (Å²) < 4.78 is 11.6. The maximum absolute atomic E-state index is 12.6. The van der Waals surface area contributed by atoms with Gasteiger partial charge in [-0.1, -0.05) is 19.1 Å². The number of methoxy groups -OCH3 is 1. The van der Waals surface area contributed by atoms with Gasteiger partial charge in [-0.05, 0) is 63.2 Å². The molecule has 0 bridgehead atoms. The van der Waals surface area contributed by atoms with E-state index in [0.717, 1.165) is 48.5 Å². The number of fused-ring (bicyclic) bond motifs is 3. The number of piperidine rings is 1. The number of ether oxygens (including phenoxy) is 2. The summed E-state index contributed by atoms with van der Waals surface area (Å²) in [7, 11) is 3.82. The van der Waals surface area contributed by atoms with Gasteiger partial charge in [-0.15, -0.1) is 0 Å². The van der Waals surface area contributed by atoms with E-state index < -0.39 is 0 Å². The van der Waals surface area contributed by atoms with Gasteiger partial charge in [0.25, 0.3) is 5.91 Å². The van der Waals surface area contributed by atoms with Crippen molar-refractivity contribution in [2.45, 2.75) is 38.6 Å². The third kappa shape index (κ3) is 5.32. The van der Waals surface area contributed by atoms with Crippen LogP contribution in [0, 0.1) is 0 Å². The molecule has 0 spiro atoms. The molecule has 8 nitrogen and oxygen atoms in total. The molecule has 2 unspecified atom stereocenters. The number of hydrogen-bond acceptors (Lipinski definition) is 6. The van der Waals surface area contributed by atoms with Gasteiger partial charge in [-0.2, -0.15) is 0 Å². The molecule has 3 N–H and O–H groups in total. The SMILES string of the molecule is CCCN=C(N)NC(=O)c1ccc(C2=NC3CCN(C)CC3c3cc(OCC)c(OC)cc32)cc1. The van der Waals surface area contributed by atoms with Gasteiger partial charge < -0.3 is 20.1 Å². The van der Waals surface area contributed by atoms with Crippen LogP contribution in [0.3, 0.4) is 0 Å². The normalized spacial score (nSPS) is 19.9. The van der Waals surface area contributed by atoms with E-state index in [-0.39, 0.29) is 17.9 Å². The van der Waals surface area contributed by atoms with E-state index in [1.807, 2.05) is 32.0 Å². The zero-order valence-corrected chi connectivity index (χ0v) is 21.0. The maximum atomic E-state index is 12.6. The van der Waals surface area contributed by atoms with E-state index >= 15 is 0 Å². The number of hydrogen-bond donors (Lipinski definition) is 2. The van der Waals surface area contributed by atoms with E-state index in [0.29, 0.717) is 30.4 Å². The molecule has 35 heavy (non-hydrogen) atoms. The molecule has 2 aliphatic heterocycles.